The molecular weight excluding hydrogens is 354 g/mol. The third-order valence-electron chi connectivity index (χ3n) is 4.77. The van der Waals surface area contributed by atoms with Gasteiger partial charge in [0.05, 0.1) is 6.61 Å². The van der Waals surface area contributed by atoms with Crippen LogP contribution in [0, 0.1) is 0 Å². The summed E-state index contributed by atoms with van der Waals surface area (Å²) in [5, 5.41) is 2.98. The SMILES string of the molecule is CCOC(=O)CCCCCNC(=O)N1CCN(C/C=C\c2ccccc2)CC1. The van der Waals surface area contributed by atoms with Gasteiger partial charge in [-0.2, -0.15) is 0 Å². The van der Waals surface area contributed by atoms with Crippen LogP contribution in [0.2, 0.25) is 0 Å². The van der Waals surface area contributed by atoms with E-state index in [1.807, 2.05) is 30.0 Å². The predicted molar refractivity (Wildman–Crippen MR) is 112 cm³/mol. The molecule has 0 unspecified atom stereocenters. The number of urea groups is 1. The van der Waals surface area contributed by atoms with Crippen LogP contribution < -0.4 is 5.32 Å². The summed E-state index contributed by atoms with van der Waals surface area (Å²) in [5.74, 6) is -0.136. The zero-order valence-corrected chi connectivity index (χ0v) is 16.9. The Bertz CT molecular complexity index is 611. The molecule has 6 heteroatoms. The van der Waals surface area contributed by atoms with Crippen LogP contribution >= 0.6 is 0 Å². The van der Waals surface area contributed by atoms with E-state index < -0.39 is 0 Å². The first kappa shape index (κ1) is 22.0. The van der Waals surface area contributed by atoms with E-state index in [9.17, 15) is 9.59 Å². The van der Waals surface area contributed by atoms with Crippen LogP contribution in [0.4, 0.5) is 4.79 Å². The number of nitrogens with one attached hydrogen (secondary N) is 1. The molecule has 0 bridgehead atoms. The van der Waals surface area contributed by atoms with Crippen molar-refractivity contribution in [3.8, 4) is 0 Å². The number of benzene rings is 1. The van der Waals surface area contributed by atoms with Gasteiger partial charge < -0.3 is 15.0 Å². The number of hydrogen-bond acceptors (Lipinski definition) is 4. The molecule has 1 heterocycles. The Kier molecular flexibility index (Phi) is 10.1. The summed E-state index contributed by atoms with van der Waals surface area (Å²) in [6, 6.07) is 10.3. The number of amides is 2. The van der Waals surface area contributed by atoms with Gasteiger partial charge in [-0.15, -0.1) is 0 Å². The van der Waals surface area contributed by atoms with Crippen molar-refractivity contribution in [2.45, 2.75) is 32.6 Å². The van der Waals surface area contributed by atoms with Gasteiger partial charge in [-0.1, -0.05) is 48.9 Å². The Balaban J connectivity index is 1.53. The van der Waals surface area contributed by atoms with Gasteiger partial charge in [-0.3, -0.25) is 9.69 Å². The van der Waals surface area contributed by atoms with Crippen LogP contribution in [0.5, 0.6) is 0 Å². The number of hydrogen-bond donors (Lipinski definition) is 1. The number of carbonyl (C=O) groups excluding carboxylic acids is 2. The monoisotopic (exact) mass is 387 g/mol. The molecule has 1 aliphatic rings. The van der Waals surface area contributed by atoms with Crippen LogP contribution in [-0.2, 0) is 9.53 Å². The molecule has 154 valence electrons. The van der Waals surface area contributed by atoms with E-state index in [1.165, 1.54) is 5.56 Å². The fourth-order valence-electron chi connectivity index (χ4n) is 3.15. The first-order chi connectivity index (χ1) is 13.7. The molecule has 0 saturated carbocycles. The van der Waals surface area contributed by atoms with Crippen molar-refractivity contribution in [2.75, 3.05) is 45.9 Å². The van der Waals surface area contributed by atoms with Crippen molar-refractivity contribution in [3.63, 3.8) is 0 Å². The minimum absolute atomic E-state index is 0.0184. The van der Waals surface area contributed by atoms with Crippen LogP contribution in [0.1, 0.15) is 38.2 Å². The van der Waals surface area contributed by atoms with Crippen molar-refractivity contribution in [1.29, 1.82) is 0 Å². The largest absolute Gasteiger partial charge is 0.466 e. The molecule has 0 atom stereocenters. The van der Waals surface area contributed by atoms with Crippen LogP contribution in [0.25, 0.3) is 6.08 Å². The highest BCUT2D eigenvalue weighted by atomic mass is 16.5. The second kappa shape index (κ2) is 12.9. The Morgan fingerprint density at radius 1 is 1.07 bits per heavy atom. The van der Waals surface area contributed by atoms with Gasteiger partial charge in [0.1, 0.15) is 0 Å². The molecular formula is C22H33N3O3. The minimum atomic E-state index is -0.136. The number of carbonyl (C=O) groups is 2. The fraction of sp³-hybridized carbons (Fsp3) is 0.545. The first-order valence-corrected chi connectivity index (χ1v) is 10.3. The number of nitrogens with zero attached hydrogens (tertiary/aromatic N) is 2. The summed E-state index contributed by atoms with van der Waals surface area (Å²) in [5.41, 5.74) is 1.21. The molecule has 1 aromatic carbocycles. The molecule has 6 nitrogen and oxygen atoms in total. The van der Waals surface area contributed by atoms with E-state index in [2.05, 4.69) is 34.5 Å². The van der Waals surface area contributed by atoms with Crippen LogP contribution in [0.3, 0.4) is 0 Å². The minimum Gasteiger partial charge on any atom is -0.466 e. The highest BCUT2D eigenvalue weighted by Crippen LogP contribution is 2.05. The second-order valence-electron chi connectivity index (χ2n) is 6.95. The number of esters is 1. The molecule has 1 fully saturated rings. The summed E-state index contributed by atoms with van der Waals surface area (Å²) in [6.45, 7) is 7.12. The normalized spacial score (nSPS) is 15.0. The quantitative estimate of drug-likeness (QED) is 0.495. The van der Waals surface area contributed by atoms with E-state index in [0.717, 1.165) is 52.0 Å². The highest BCUT2D eigenvalue weighted by molar-refractivity contribution is 5.74. The predicted octanol–water partition coefficient (Wildman–Crippen LogP) is 3.15. The van der Waals surface area contributed by atoms with E-state index in [4.69, 9.17) is 4.74 Å². The molecule has 0 spiro atoms. The van der Waals surface area contributed by atoms with Gasteiger partial charge in [0.25, 0.3) is 0 Å². The van der Waals surface area contributed by atoms with Gasteiger partial charge in [-0.25, -0.2) is 4.79 Å². The maximum Gasteiger partial charge on any atom is 0.317 e. The lowest BCUT2D eigenvalue weighted by Crippen LogP contribution is -2.51. The standard InChI is InChI=1S/C22H33N3O3/c1-2-28-21(26)13-7-4-8-14-23-22(27)25-18-16-24(17-19-25)15-9-12-20-10-5-3-6-11-20/h3,5-6,9-12H,2,4,7-8,13-19H2,1H3,(H,23,27)/b12-9-. The Hall–Kier alpha value is -2.34. The lowest BCUT2D eigenvalue weighted by atomic mass is 10.2. The van der Waals surface area contributed by atoms with Crippen molar-refractivity contribution in [1.82, 2.24) is 15.1 Å². The molecule has 1 N–H and O–H groups in total. The Morgan fingerprint density at radius 2 is 1.82 bits per heavy atom. The average Bonchev–Trinajstić information content (AvgIpc) is 2.72. The summed E-state index contributed by atoms with van der Waals surface area (Å²) < 4.78 is 4.90. The zero-order chi connectivity index (χ0) is 20.0. The number of ether oxygens (including phenoxy) is 1. The third kappa shape index (κ3) is 8.57. The molecule has 1 saturated heterocycles. The summed E-state index contributed by atoms with van der Waals surface area (Å²) in [6.07, 6.45) is 7.39. The number of piperazine rings is 1. The van der Waals surface area contributed by atoms with Gasteiger partial charge in [0.2, 0.25) is 0 Å². The average molecular weight is 388 g/mol. The first-order valence-electron chi connectivity index (χ1n) is 10.3. The third-order valence-corrected chi connectivity index (χ3v) is 4.77. The lowest BCUT2D eigenvalue weighted by molar-refractivity contribution is -0.143. The number of unbranched alkanes of at least 4 members (excludes halogenated alkanes) is 2. The van der Waals surface area contributed by atoms with Gasteiger partial charge in [0, 0.05) is 45.7 Å². The molecule has 0 aliphatic carbocycles. The second-order valence-corrected chi connectivity index (χ2v) is 6.95. The molecule has 2 amide bonds. The number of rotatable bonds is 10. The molecule has 0 aromatic heterocycles. The van der Waals surface area contributed by atoms with Crippen LogP contribution in [0.15, 0.2) is 36.4 Å². The smallest absolute Gasteiger partial charge is 0.317 e. The lowest BCUT2D eigenvalue weighted by Gasteiger charge is -2.34. The Morgan fingerprint density at radius 3 is 2.54 bits per heavy atom. The van der Waals surface area contributed by atoms with Crippen molar-refractivity contribution >= 4 is 18.1 Å². The highest BCUT2D eigenvalue weighted by Gasteiger charge is 2.19. The van der Waals surface area contributed by atoms with Gasteiger partial charge in [0.15, 0.2) is 0 Å². The van der Waals surface area contributed by atoms with Gasteiger partial charge in [-0.05, 0) is 25.3 Å². The molecule has 1 aromatic rings. The molecule has 2 rings (SSSR count). The summed E-state index contributed by atoms with van der Waals surface area (Å²) in [4.78, 5) is 27.7. The van der Waals surface area contributed by atoms with E-state index in [0.29, 0.717) is 19.6 Å². The van der Waals surface area contributed by atoms with E-state index in [1.54, 1.807) is 0 Å². The van der Waals surface area contributed by atoms with E-state index >= 15 is 0 Å². The molecule has 28 heavy (non-hydrogen) atoms. The summed E-state index contributed by atoms with van der Waals surface area (Å²) >= 11 is 0. The Labute approximate surface area is 168 Å². The fourth-order valence-corrected chi connectivity index (χ4v) is 3.15. The molecule has 0 radical (unpaired) electrons. The summed E-state index contributed by atoms with van der Waals surface area (Å²) in [7, 11) is 0. The van der Waals surface area contributed by atoms with Crippen molar-refractivity contribution in [3.05, 3.63) is 42.0 Å². The maximum absolute atomic E-state index is 12.2. The maximum atomic E-state index is 12.2. The van der Waals surface area contributed by atoms with Crippen molar-refractivity contribution < 1.29 is 14.3 Å². The van der Waals surface area contributed by atoms with Gasteiger partial charge >= 0.3 is 12.0 Å². The van der Waals surface area contributed by atoms with E-state index in [-0.39, 0.29) is 12.0 Å². The topological polar surface area (TPSA) is 61.9 Å². The zero-order valence-electron chi connectivity index (χ0n) is 16.9. The van der Waals surface area contributed by atoms with Crippen molar-refractivity contribution in [2.24, 2.45) is 0 Å². The van der Waals surface area contributed by atoms with Crippen LogP contribution in [-0.4, -0.2) is 67.7 Å². The molecule has 1 aliphatic heterocycles.